The van der Waals surface area contributed by atoms with E-state index in [9.17, 15) is 10.2 Å². The molecule has 0 aliphatic carbocycles. The van der Waals surface area contributed by atoms with Crippen LogP contribution in [-0.4, -0.2) is 101 Å². The Morgan fingerprint density at radius 2 is 0.906 bits per heavy atom. The number of hydrogen-bond acceptors (Lipinski definition) is 10. The predicted molar refractivity (Wildman–Crippen MR) is 200 cm³/mol. The summed E-state index contributed by atoms with van der Waals surface area (Å²) in [5.41, 5.74) is 4.34. The van der Waals surface area contributed by atoms with Crippen LogP contribution in [0, 0.1) is 0 Å². The topological polar surface area (TPSA) is 121 Å². The summed E-state index contributed by atoms with van der Waals surface area (Å²) in [4.78, 5) is 0. The number of benzene rings is 4. The molecule has 4 aromatic rings. The number of aliphatic hydroxyl groups is 2. The lowest BCUT2D eigenvalue weighted by Crippen LogP contribution is -2.23. The summed E-state index contributed by atoms with van der Waals surface area (Å²) in [6.45, 7) is 9.58. The predicted octanol–water partition coefficient (Wildman–Crippen LogP) is 5.92. The van der Waals surface area contributed by atoms with E-state index >= 15 is 0 Å². The van der Waals surface area contributed by atoms with Crippen molar-refractivity contribution in [2.75, 3.05) is 66.1 Å². The first-order valence-corrected chi connectivity index (χ1v) is 18.3. The van der Waals surface area contributed by atoms with Crippen LogP contribution in [0.1, 0.15) is 41.0 Å². The number of epoxide rings is 2. The highest BCUT2D eigenvalue weighted by molar-refractivity contribution is 5.48. The molecule has 282 valence electrons. The van der Waals surface area contributed by atoms with Gasteiger partial charge in [-0.2, -0.15) is 0 Å². The molecule has 6 atom stereocenters. The molecule has 53 heavy (non-hydrogen) atoms. The van der Waals surface area contributed by atoms with Gasteiger partial charge in [-0.15, -0.1) is 6.58 Å². The Hall–Kier alpha value is -4.42. The largest absolute Gasteiger partial charge is 0.491 e. The molecule has 0 amide bonds. The van der Waals surface area contributed by atoms with Crippen molar-refractivity contribution in [3.8, 4) is 23.0 Å². The van der Waals surface area contributed by atoms with E-state index in [2.05, 4.69) is 55.1 Å². The molecular formula is C43H50O10. The summed E-state index contributed by atoms with van der Waals surface area (Å²) < 4.78 is 45.2. The lowest BCUT2D eigenvalue weighted by atomic mass is 9.73. The van der Waals surface area contributed by atoms with Crippen LogP contribution < -0.4 is 18.9 Å². The standard InChI is InChI=1S/C43H50O10/c1-3-21-47-23-35(45)25-49-37-15-7-31(8-16-37)43(33-11-19-39(20-12-33)51-27-41-29-53-41)42(32-9-17-38(18-10-32)50-26-40-28-52-40)30-5-13-36(14-6-30)48-24-34(44)22-46-4-2/h3,5-20,34-35,40-45H,1,4,21-29H2,2H3. The maximum absolute atomic E-state index is 10.3. The minimum atomic E-state index is -0.761. The zero-order valence-corrected chi connectivity index (χ0v) is 30.2. The summed E-state index contributed by atoms with van der Waals surface area (Å²) in [6, 6.07) is 32.6. The maximum Gasteiger partial charge on any atom is 0.119 e. The van der Waals surface area contributed by atoms with Gasteiger partial charge in [0.1, 0.15) is 73.8 Å². The Bertz CT molecular complexity index is 1650. The minimum absolute atomic E-state index is 0.105. The maximum atomic E-state index is 10.3. The van der Waals surface area contributed by atoms with Crippen LogP contribution >= 0.6 is 0 Å². The van der Waals surface area contributed by atoms with E-state index in [4.69, 9.17) is 37.9 Å². The first-order valence-electron chi connectivity index (χ1n) is 18.3. The third-order valence-electron chi connectivity index (χ3n) is 8.91. The third kappa shape index (κ3) is 12.0. The molecule has 6 rings (SSSR count). The van der Waals surface area contributed by atoms with Crippen molar-refractivity contribution < 1.29 is 48.1 Å². The molecule has 6 unspecified atom stereocenters. The van der Waals surface area contributed by atoms with E-state index < -0.39 is 12.2 Å². The third-order valence-corrected chi connectivity index (χ3v) is 8.91. The van der Waals surface area contributed by atoms with Crippen LogP contribution in [0.5, 0.6) is 23.0 Å². The lowest BCUT2D eigenvalue weighted by Gasteiger charge is -2.30. The number of rotatable bonds is 24. The van der Waals surface area contributed by atoms with Gasteiger partial charge in [0.25, 0.3) is 0 Å². The zero-order valence-electron chi connectivity index (χ0n) is 30.2. The molecule has 2 saturated heterocycles. The molecular weight excluding hydrogens is 676 g/mol. The fraction of sp³-hybridized carbons (Fsp3) is 0.395. The Kier molecular flexibility index (Phi) is 14.2. The highest BCUT2D eigenvalue weighted by atomic mass is 16.6. The van der Waals surface area contributed by atoms with Gasteiger partial charge in [0.05, 0.1) is 33.0 Å². The van der Waals surface area contributed by atoms with Crippen LogP contribution in [0.25, 0.3) is 0 Å². The Labute approximate surface area is 311 Å². The zero-order chi connectivity index (χ0) is 36.8. The molecule has 2 aliphatic heterocycles. The Morgan fingerprint density at radius 1 is 0.566 bits per heavy atom. The van der Waals surface area contributed by atoms with Crippen molar-refractivity contribution >= 4 is 0 Å². The van der Waals surface area contributed by atoms with Crippen molar-refractivity contribution in [3.05, 3.63) is 132 Å². The highest BCUT2D eigenvalue weighted by Crippen LogP contribution is 2.44. The van der Waals surface area contributed by atoms with Crippen LogP contribution in [0.15, 0.2) is 110 Å². The van der Waals surface area contributed by atoms with E-state index in [1.165, 1.54) is 0 Å². The summed E-state index contributed by atoms with van der Waals surface area (Å²) in [5.74, 6) is 2.61. The van der Waals surface area contributed by atoms with Gasteiger partial charge in [-0.1, -0.05) is 54.6 Å². The Balaban J connectivity index is 1.30. The average Bonchev–Trinajstić information content (AvgIpc) is 4.14. The average molecular weight is 727 g/mol. The summed E-state index contributed by atoms with van der Waals surface area (Å²) in [7, 11) is 0. The normalized spacial score (nSPS) is 18.3. The monoisotopic (exact) mass is 726 g/mol. The van der Waals surface area contributed by atoms with Gasteiger partial charge < -0.3 is 48.1 Å². The molecule has 10 nitrogen and oxygen atoms in total. The summed E-state index contributed by atoms with van der Waals surface area (Å²) >= 11 is 0. The second kappa shape index (κ2) is 19.6. The SMILES string of the molecule is C=CCOCC(O)COc1ccc(C(c2ccc(OCC3CO3)cc2)C(c2ccc(OCC(O)COCC)cc2)c2ccc(OCC3CO3)cc2)cc1. The highest BCUT2D eigenvalue weighted by Gasteiger charge is 2.30. The molecule has 0 bridgehead atoms. The van der Waals surface area contributed by atoms with Crippen LogP contribution in [0.3, 0.4) is 0 Å². The van der Waals surface area contributed by atoms with Gasteiger partial charge in [0.2, 0.25) is 0 Å². The van der Waals surface area contributed by atoms with E-state index in [0.717, 1.165) is 47.0 Å². The van der Waals surface area contributed by atoms with Gasteiger partial charge in [-0.25, -0.2) is 0 Å². The molecule has 2 aliphatic rings. The van der Waals surface area contributed by atoms with Crippen LogP contribution in [0.2, 0.25) is 0 Å². The second-order valence-corrected chi connectivity index (χ2v) is 13.2. The smallest absolute Gasteiger partial charge is 0.119 e. The first-order chi connectivity index (χ1) is 26.0. The van der Waals surface area contributed by atoms with Crippen molar-refractivity contribution in [2.45, 2.75) is 43.2 Å². The summed E-state index contributed by atoms with van der Waals surface area (Å²) in [6.07, 6.45) is 0.492. The van der Waals surface area contributed by atoms with Crippen LogP contribution in [0.4, 0.5) is 0 Å². The van der Waals surface area contributed by atoms with E-state index in [0.29, 0.717) is 37.9 Å². The fourth-order valence-electron chi connectivity index (χ4n) is 5.97. The molecule has 2 heterocycles. The van der Waals surface area contributed by atoms with Crippen molar-refractivity contribution in [2.24, 2.45) is 0 Å². The fourth-order valence-corrected chi connectivity index (χ4v) is 5.97. The number of aliphatic hydroxyl groups excluding tert-OH is 2. The van der Waals surface area contributed by atoms with Crippen molar-refractivity contribution in [1.82, 2.24) is 0 Å². The molecule has 2 N–H and O–H groups in total. The molecule has 2 fully saturated rings. The van der Waals surface area contributed by atoms with Gasteiger partial charge in [0.15, 0.2) is 0 Å². The minimum Gasteiger partial charge on any atom is -0.491 e. The van der Waals surface area contributed by atoms with Gasteiger partial charge >= 0.3 is 0 Å². The van der Waals surface area contributed by atoms with Crippen molar-refractivity contribution in [3.63, 3.8) is 0 Å². The van der Waals surface area contributed by atoms with E-state index in [-0.39, 0.29) is 50.5 Å². The molecule has 0 aromatic heterocycles. The van der Waals surface area contributed by atoms with Gasteiger partial charge in [-0.3, -0.25) is 0 Å². The quantitative estimate of drug-likeness (QED) is 0.0511. The number of ether oxygens (including phenoxy) is 8. The summed E-state index contributed by atoms with van der Waals surface area (Å²) in [5, 5.41) is 20.5. The molecule has 0 spiro atoms. The first kappa shape index (κ1) is 38.3. The van der Waals surface area contributed by atoms with Crippen molar-refractivity contribution in [1.29, 1.82) is 0 Å². The molecule has 0 saturated carbocycles. The molecule has 0 radical (unpaired) electrons. The van der Waals surface area contributed by atoms with Gasteiger partial charge in [-0.05, 0) is 77.7 Å². The Morgan fingerprint density at radius 3 is 1.23 bits per heavy atom. The van der Waals surface area contributed by atoms with E-state index in [1.807, 2.05) is 55.5 Å². The van der Waals surface area contributed by atoms with Gasteiger partial charge in [0, 0.05) is 18.4 Å². The number of hydrogen-bond donors (Lipinski definition) is 2. The van der Waals surface area contributed by atoms with Crippen LogP contribution in [-0.2, 0) is 18.9 Å². The second-order valence-electron chi connectivity index (χ2n) is 13.2. The van der Waals surface area contributed by atoms with E-state index in [1.54, 1.807) is 6.08 Å². The molecule has 4 aromatic carbocycles. The molecule has 10 heteroatoms. The lowest BCUT2D eigenvalue weighted by molar-refractivity contribution is 0.0164.